The average Bonchev–Trinajstić information content (AvgIpc) is 3.21. The Kier molecular flexibility index (Phi) is 7.05. The van der Waals surface area contributed by atoms with E-state index >= 15 is 0 Å². The van der Waals surface area contributed by atoms with Gasteiger partial charge in [0.2, 0.25) is 0 Å². The van der Waals surface area contributed by atoms with Crippen molar-refractivity contribution in [3.05, 3.63) is 95.8 Å². The van der Waals surface area contributed by atoms with Crippen molar-refractivity contribution in [1.82, 2.24) is 14.9 Å². The van der Waals surface area contributed by atoms with Gasteiger partial charge in [-0.3, -0.25) is 4.79 Å². The van der Waals surface area contributed by atoms with Gasteiger partial charge in [-0.1, -0.05) is 54.6 Å². The summed E-state index contributed by atoms with van der Waals surface area (Å²) in [5, 5.41) is 2.98. The zero-order valence-electron chi connectivity index (χ0n) is 18.8. The summed E-state index contributed by atoms with van der Waals surface area (Å²) >= 11 is 0. The van der Waals surface area contributed by atoms with Crippen molar-refractivity contribution in [2.24, 2.45) is 0 Å². The number of nitrogens with one attached hydrogen (secondary N) is 1. The van der Waals surface area contributed by atoms with Gasteiger partial charge in [0, 0.05) is 25.1 Å². The van der Waals surface area contributed by atoms with Crippen LogP contribution in [0.3, 0.4) is 0 Å². The maximum Gasteiger partial charge on any atom is 0.251 e. The van der Waals surface area contributed by atoms with E-state index in [4.69, 9.17) is 14.5 Å². The number of hydrogen-bond donors (Lipinski definition) is 1. The molecule has 0 saturated carbocycles. The summed E-state index contributed by atoms with van der Waals surface area (Å²) in [6.07, 6.45) is 4.86. The number of nitrogens with zero attached hydrogens (tertiary/aromatic N) is 2. The number of hydrogen-bond acceptors (Lipinski definition) is 4. The number of methoxy groups -OCH3 is 2. The van der Waals surface area contributed by atoms with Crippen molar-refractivity contribution in [3.8, 4) is 11.5 Å². The Morgan fingerprint density at radius 2 is 1.73 bits per heavy atom. The molecule has 0 unspecified atom stereocenters. The van der Waals surface area contributed by atoms with Gasteiger partial charge in [-0.15, -0.1) is 0 Å². The van der Waals surface area contributed by atoms with Gasteiger partial charge in [-0.05, 0) is 35.9 Å². The molecule has 0 bridgehead atoms. The van der Waals surface area contributed by atoms with Gasteiger partial charge in [0.15, 0.2) is 11.5 Å². The minimum atomic E-state index is -0.164. The third-order valence-corrected chi connectivity index (χ3v) is 5.41. The summed E-state index contributed by atoms with van der Waals surface area (Å²) < 4.78 is 12.7. The number of ether oxygens (including phenoxy) is 2. The maximum absolute atomic E-state index is 12.6. The fraction of sp³-hybridized carbons (Fsp3) is 0.185. The second-order valence-electron chi connectivity index (χ2n) is 7.52. The lowest BCUT2D eigenvalue weighted by molar-refractivity contribution is 0.0953. The highest BCUT2D eigenvalue weighted by atomic mass is 16.5. The molecule has 6 nitrogen and oxygen atoms in total. The van der Waals surface area contributed by atoms with Crippen LogP contribution in [-0.2, 0) is 13.0 Å². The first kappa shape index (κ1) is 22.1. The fourth-order valence-corrected chi connectivity index (χ4v) is 3.75. The van der Waals surface area contributed by atoms with Crippen LogP contribution in [0.1, 0.15) is 21.7 Å². The number of carbonyl (C=O) groups excluding carboxylic acids is 1. The van der Waals surface area contributed by atoms with E-state index in [0.717, 1.165) is 22.4 Å². The molecule has 0 atom stereocenters. The van der Waals surface area contributed by atoms with E-state index in [9.17, 15) is 4.79 Å². The molecule has 1 amide bonds. The summed E-state index contributed by atoms with van der Waals surface area (Å²) in [4.78, 5) is 17.4. The van der Waals surface area contributed by atoms with Crippen LogP contribution in [0.15, 0.2) is 78.9 Å². The topological polar surface area (TPSA) is 65.4 Å². The third kappa shape index (κ3) is 5.23. The van der Waals surface area contributed by atoms with Gasteiger partial charge in [0.05, 0.1) is 25.3 Å². The van der Waals surface area contributed by atoms with Gasteiger partial charge in [0.1, 0.15) is 5.82 Å². The molecule has 0 fully saturated rings. The van der Waals surface area contributed by atoms with Gasteiger partial charge < -0.3 is 19.4 Å². The van der Waals surface area contributed by atoms with E-state index in [1.165, 1.54) is 0 Å². The number of rotatable bonds is 9. The van der Waals surface area contributed by atoms with Crippen LogP contribution in [0, 0.1) is 0 Å². The molecule has 0 aliphatic rings. The fourth-order valence-electron chi connectivity index (χ4n) is 3.75. The summed E-state index contributed by atoms with van der Waals surface area (Å²) in [6.45, 7) is 1.17. The van der Waals surface area contributed by atoms with Crippen molar-refractivity contribution in [3.63, 3.8) is 0 Å². The molecular formula is C27H27N3O3. The van der Waals surface area contributed by atoms with Crippen LogP contribution in [0.25, 0.3) is 17.1 Å². The van der Waals surface area contributed by atoms with Crippen LogP contribution < -0.4 is 14.8 Å². The Morgan fingerprint density at radius 1 is 0.970 bits per heavy atom. The molecule has 0 saturated heterocycles. The summed E-state index contributed by atoms with van der Waals surface area (Å²) in [6, 6.07) is 23.4. The van der Waals surface area contributed by atoms with Crippen molar-refractivity contribution in [1.29, 1.82) is 0 Å². The number of para-hydroxylation sites is 2. The monoisotopic (exact) mass is 441 g/mol. The van der Waals surface area contributed by atoms with Crippen molar-refractivity contribution in [2.45, 2.75) is 13.0 Å². The van der Waals surface area contributed by atoms with Crippen LogP contribution in [0.4, 0.5) is 0 Å². The lowest BCUT2D eigenvalue weighted by Gasteiger charge is -2.10. The van der Waals surface area contributed by atoms with Crippen LogP contribution in [-0.4, -0.2) is 36.2 Å². The molecule has 3 aromatic carbocycles. The van der Waals surface area contributed by atoms with E-state index in [1.54, 1.807) is 32.4 Å². The minimum absolute atomic E-state index is 0.164. The average molecular weight is 442 g/mol. The van der Waals surface area contributed by atoms with Crippen LogP contribution in [0.5, 0.6) is 11.5 Å². The number of amides is 1. The largest absolute Gasteiger partial charge is 0.493 e. The molecule has 33 heavy (non-hydrogen) atoms. The SMILES string of the molecule is COc1ccc(C(=O)NCCc2nc3ccccc3n2C/C=C/c2ccccc2)cc1OC. The Labute approximate surface area is 193 Å². The van der Waals surface area contributed by atoms with Gasteiger partial charge in [-0.25, -0.2) is 4.98 Å². The molecule has 168 valence electrons. The zero-order valence-corrected chi connectivity index (χ0v) is 18.8. The van der Waals surface area contributed by atoms with Crippen LogP contribution >= 0.6 is 0 Å². The number of benzene rings is 3. The standard InChI is InChI=1S/C27H27N3O3/c1-32-24-15-14-21(19-25(24)33-2)27(31)28-17-16-26-29-22-12-6-7-13-23(22)30(26)18-8-11-20-9-4-3-5-10-20/h3-15,19H,16-18H2,1-2H3,(H,28,31)/b11-8+. The van der Waals surface area contributed by atoms with Gasteiger partial charge in [-0.2, -0.15) is 0 Å². The summed E-state index contributed by atoms with van der Waals surface area (Å²) in [5.74, 6) is 1.88. The Morgan fingerprint density at radius 3 is 2.52 bits per heavy atom. The molecule has 0 aliphatic carbocycles. The second-order valence-corrected chi connectivity index (χ2v) is 7.52. The first-order valence-corrected chi connectivity index (χ1v) is 10.9. The first-order valence-electron chi connectivity index (χ1n) is 10.9. The Hall–Kier alpha value is -4.06. The number of allylic oxidation sites excluding steroid dienone is 1. The highest BCUT2D eigenvalue weighted by molar-refractivity contribution is 5.94. The lowest BCUT2D eigenvalue weighted by Crippen LogP contribution is -2.26. The van der Waals surface area contributed by atoms with E-state index in [2.05, 4.69) is 40.2 Å². The molecule has 4 aromatic rings. The van der Waals surface area contributed by atoms with Crippen molar-refractivity contribution >= 4 is 23.0 Å². The molecule has 6 heteroatoms. The smallest absolute Gasteiger partial charge is 0.251 e. The minimum Gasteiger partial charge on any atom is -0.493 e. The van der Waals surface area contributed by atoms with E-state index < -0.39 is 0 Å². The number of fused-ring (bicyclic) bond motifs is 1. The van der Waals surface area contributed by atoms with Crippen molar-refractivity contribution < 1.29 is 14.3 Å². The quantitative estimate of drug-likeness (QED) is 0.408. The predicted molar refractivity (Wildman–Crippen MR) is 131 cm³/mol. The third-order valence-electron chi connectivity index (χ3n) is 5.41. The van der Waals surface area contributed by atoms with Crippen LogP contribution in [0.2, 0.25) is 0 Å². The van der Waals surface area contributed by atoms with Gasteiger partial charge in [0.25, 0.3) is 5.91 Å². The molecule has 0 spiro atoms. The maximum atomic E-state index is 12.6. The number of carbonyl (C=O) groups is 1. The molecule has 0 radical (unpaired) electrons. The molecule has 0 aliphatic heterocycles. The molecular weight excluding hydrogens is 414 g/mol. The summed E-state index contributed by atoms with van der Waals surface area (Å²) in [7, 11) is 3.12. The molecule has 1 N–H and O–H groups in total. The van der Waals surface area contributed by atoms with Crippen molar-refractivity contribution in [2.75, 3.05) is 20.8 Å². The van der Waals surface area contributed by atoms with E-state index in [-0.39, 0.29) is 5.91 Å². The number of aromatic nitrogens is 2. The van der Waals surface area contributed by atoms with E-state index in [1.807, 2.05) is 36.4 Å². The van der Waals surface area contributed by atoms with Gasteiger partial charge >= 0.3 is 0 Å². The van der Waals surface area contributed by atoms with E-state index in [0.29, 0.717) is 36.6 Å². The number of imidazole rings is 1. The Balaban J connectivity index is 1.45. The Bertz CT molecular complexity index is 1260. The first-order chi connectivity index (χ1) is 16.2. The zero-order chi connectivity index (χ0) is 23.0. The molecule has 4 rings (SSSR count). The normalized spacial score (nSPS) is 11.1. The summed E-state index contributed by atoms with van der Waals surface area (Å²) in [5.41, 5.74) is 3.71. The highest BCUT2D eigenvalue weighted by Gasteiger charge is 2.12. The predicted octanol–water partition coefficient (Wildman–Crippen LogP) is 4.74. The lowest BCUT2D eigenvalue weighted by atomic mass is 10.2. The molecule has 1 heterocycles. The molecule has 1 aromatic heterocycles. The second kappa shape index (κ2) is 10.5. The highest BCUT2D eigenvalue weighted by Crippen LogP contribution is 2.27.